The third kappa shape index (κ3) is 2.69. The number of benzene rings is 1. The molecule has 0 saturated carbocycles. The number of para-hydroxylation sites is 1. The second-order valence-electron chi connectivity index (χ2n) is 6.46. The topological polar surface area (TPSA) is 40.5 Å². The van der Waals surface area contributed by atoms with E-state index in [4.69, 9.17) is 0 Å². The molecule has 3 nitrogen and oxygen atoms in total. The summed E-state index contributed by atoms with van der Waals surface area (Å²) in [6.45, 7) is 10.4. The fraction of sp³-hybridized carbons (Fsp3) is 0.500. The van der Waals surface area contributed by atoms with E-state index in [9.17, 15) is 9.90 Å². The molecule has 0 unspecified atom stereocenters. The molecule has 1 aliphatic rings. The maximum Gasteiger partial charge on any atom is 0.326 e. The van der Waals surface area contributed by atoms with Crippen molar-refractivity contribution in [3.63, 3.8) is 0 Å². The zero-order valence-electron chi connectivity index (χ0n) is 13.6. The summed E-state index contributed by atoms with van der Waals surface area (Å²) >= 11 is 0. The Bertz CT molecular complexity index is 587. The first-order valence-corrected chi connectivity index (χ1v) is 7.61. The number of rotatable bonds is 4. The number of carbonyl (C=O) groups is 1. The van der Waals surface area contributed by atoms with E-state index in [0.717, 1.165) is 23.2 Å². The number of fused-ring (bicyclic) bond motifs is 1. The molecular weight excluding hydrogens is 262 g/mol. The number of allylic oxidation sites excluding steroid dienone is 1. The number of hydrogen-bond donors (Lipinski definition) is 1. The van der Waals surface area contributed by atoms with Gasteiger partial charge in [-0.15, -0.1) is 0 Å². The molecule has 114 valence electrons. The zero-order valence-corrected chi connectivity index (χ0v) is 13.6. The van der Waals surface area contributed by atoms with Crippen LogP contribution >= 0.6 is 0 Å². The Hall–Kier alpha value is -1.77. The summed E-state index contributed by atoms with van der Waals surface area (Å²) < 4.78 is 0. The Morgan fingerprint density at radius 1 is 1.33 bits per heavy atom. The van der Waals surface area contributed by atoms with E-state index in [0.29, 0.717) is 6.42 Å². The number of carboxylic acids is 1. The molecule has 0 aliphatic carbocycles. The van der Waals surface area contributed by atoms with Crippen molar-refractivity contribution in [3.05, 3.63) is 35.4 Å². The van der Waals surface area contributed by atoms with Gasteiger partial charge in [0.25, 0.3) is 0 Å². The van der Waals surface area contributed by atoms with Crippen LogP contribution in [0.25, 0.3) is 5.57 Å². The minimum atomic E-state index is -0.743. The lowest BCUT2D eigenvalue weighted by molar-refractivity contribution is -0.139. The third-order valence-corrected chi connectivity index (χ3v) is 4.25. The molecule has 3 heteroatoms. The average Bonchev–Trinajstić information content (AvgIpc) is 2.37. The van der Waals surface area contributed by atoms with Crippen molar-refractivity contribution in [1.82, 2.24) is 0 Å². The van der Waals surface area contributed by atoms with Crippen LogP contribution in [0, 0.1) is 6.92 Å². The van der Waals surface area contributed by atoms with E-state index in [2.05, 4.69) is 50.8 Å². The molecule has 21 heavy (non-hydrogen) atoms. The lowest BCUT2D eigenvalue weighted by atomic mass is 9.85. The summed E-state index contributed by atoms with van der Waals surface area (Å²) in [5, 5.41) is 9.71. The van der Waals surface area contributed by atoms with Crippen LogP contribution in [0.5, 0.6) is 0 Å². The van der Waals surface area contributed by atoms with Crippen LogP contribution in [-0.2, 0) is 4.79 Å². The van der Waals surface area contributed by atoms with Crippen molar-refractivity contribution in [2.45, 2.75) is 59.0 Å². The smallest absolute Gasteiger partial charge is 0.326 e. The summed E-state index contributed by atoms with van der Waals surface area (Å²) in [5.41, 5.74) is 4.27. The molecular formula is C18H25NO2. The van der Waals surface area contributed by atoms with Crippen molar-refractivity contribution in [2.24, 2.45) is 0 Å². The van der Waals surface area contributed by atoms with Gasteiger partial charge in [0.1, 0.15) is 6.04 Å². The summed E-state index contributed by atoms with van der Waals surface area (Å²) in [6.07, 6.45) is 3.69. The van der Waals surface area contributed by atoms with Crippen LogP contribution in [0.2, 0.25) is 0 Å². The SMILES string of the molecule is CCC[C@H](C(=O)O)N1c2c(C)cccc2C(C)=CC1(C)C. The van der Waals surface area contributed by atoms with E-state index in [-0.39, 0.29) is 5.54 Å². The van der Waals surface area contributed by atoms with Crippen LogP contribution in [-0.4, -0.2) is 22.7 Å². The molecule has 1 aliphatic heterocycles. The van der Waals surface area contributed by atoms with Crippen molar-refractivity contribution in [1.29, 1.82) is 0 Å². The fourth-order valence-electron chi connectivity index (χ4n) is 3.46. The number of anilines is 1. The Morgan fingerprint density at radius 2 is 2.00 bits per heavy atom. The van der Waals surface area contributed by atoms with Crippen LogP contribution in [0.4, 0.5) is 5.69 Å². The van der Waals surface area contributed by atoms with Gasteiger partial charge in [-0.3, -0.25) is 0 Å². The molecule has 1 aromatic rings. The average molecular weight is 287 g/mol. The standard InChI is InChI=1S/C18H25NO2/c1-6-8-15(17(20)21)19-16-12(2)9-7-10-14(16)13(3)11-18(19,4)5/h7,9-11,15H,6,8H2,1-5H3,(H,20,21)/t15-/m1/s1. The quantitative estimate of drug-likeness (QED) is 0.900. The molecule has 0 amide bonds. The first-order chi connectivity index (χ1) is 9.79. The third-order valence-electron chi connectivity index (χ3n) is 4.25. The molecule has 1 N–H and O–H groups in total. The van der Waals surface area contributed by atoms with Gasteiger partial charge < -0.3 is 10.0 Å². The van der Waals surface area contributed by atoms with E-state index in [1.54, 1.807) is 0 Å². The van der Waals surface area contributed by atoms with Crippen LogP contribution in [0.15, 0.2) is 24.3 Å². The fourth-order valence-corrected chi connectivity index (χ4v) is 3.46. The molecule has 0 aromatic heterocycles. The van der Waals surface area contributed by atoms with Gasteiger partial charge in [0.05, 0.1) is 5.54 Å². The van der Waals surface area contributed by atoms with Gasteiger partial charge in [0, 0.05) is 11.3 Å². The summed E-state index contributed by atoms with van der Waals surface area (Å²) in [6, 6.07) is 5.69. The largest absolute Gasteiger partial charge is 0.480 e. The van der Waals surface area contributed by atoms with E-state index in [1.807, 2.05) is 13.0 Å². The van der Waals surface area contributed by atoms with Crippen LogP contribution < -0.4 is 4.90 Å². The minimum absolute atomic E-state index is 0.304. The Labute approximate surface area is 127 Å². The van der Waals surface area contributed by atoms with Crippen molar-refractivity contribution < 1.29 is 9.90 Å². The second kappa shape index (κ2) is 5.55. The Kier molecular flexibility index (Phi) is 4.13. The Morgan fingerprint density at radius 3 is 2.57 bits per heavy atom. The van der Waals surface area contributed by atoms with E-state index in [1.165, 1.54) is 5.57 Å². The molecule has 2 rings (SSSR count). The van der Waals surface area contributed by atoms with Gasteiger partial charge in [0.15, 0.2) is 0 Å². The van der Waals surface area contributed by atoms with Gasteiger partial charge in [-0.2, -0.15) is 0 Å². The molecule has 1 atom stereocenters. The maximum absolute atomic E-state index is 11.8. The first kappa shape index (κ1) is 15.6. The molecule has 0 saturated heterocycles. The van der Waals surface area contributed by atoms with Crippen LogP contribution in [0.3, 0.4) is 0 Å². The van der Waals surface area contributed by atoms with Crippen molar-refractivity contribution >= 4 is 17.2 Å². The highest BCUT2D eigenvalue weighted by molar-refractivity contribution is 5.88. The van der Waals surface area contributed by atoms with Crippen molar-refractivity contribution in [2.75, 3.05) is 4.90 Å². The second-order valence-corrected chi connectivity index (χ2v) is 6.46. The molecule has 0 radical (unpaired) electrons. The van der Waals surface area contributed by atoms with Gasteiger partial charge in [0.2, 0.25) is 0 Å². The number of nitrogens with zero attached hydrogens (tertiary/aromatic N) is 1. The van der Waals surface area contributed by atoms with Gasteiger partial charge in [-0.1, -0.05) is 37.6 Å². The van der Waals surface area contributed by atoms with E-state index >= 15 is 0 Å². The molecule has 0 spiro atoms. The first-order valence-electron chi connectivity index (χ1n) is 7.61. The highest BCUT2D eigenvalue weighted by Gasteiger charge is 2.39. The summed E-state index contributed by atoms with van der Waals surface area (Å²) in [7, 11) is 0. The molecule has 1 aromatic carbocycles. The van der Waals surface area contributed by atoms with Gasteiger partial charge in [-0.05, 0) is 45.3 Å². The monoisotopic (exact) mass is 287 g/mol. The highest BCUT2D eigenvalue weighted by atomic mass is 16.4. The number of hydrogen-bond acceptors (Lipinski definition) is 2. The highest BCUT2D eigenvalue weighted by Crippen LogP contribution is 2.42. The molecule has 0 fully saturated rings. The predicted octanol–water partition coefficient (Wildman–Crippen LogP) is 4.25. The summed E-state index contributed by atoms with van der Waals surface area (Å²) in [4.78, 5) is 13.9. The zero-order chi connectivity index (χ0) is 15.8. The van der Waals surface area contributed by atoms with Crippen molar-refractivity contribution in [3.8, 4) is 0 Å². The van der Waals surface area contributed by atoms with Gasteiger partial charge in [-0.25, -0.2) is 4.79 Å². The van der Waals surface area contributed by atoms with Gasteiger partial charge >= 0.3 is 5.97 Å². The molecule has 0 bridgehead atoms. The van der Waals surface area contributed by atoms with Crippen LogP contribution in [0.1, 0.15) is 51.7 Å². The molecule has 1 heterocycles. The Balaban J connectivity index is 2.66. The predicted molar refractivity (Wildman–Crippen MR) is 87.7 cm³/mol. The van der Waals surface area contributed by atoms with E-state index < -0.39 is 12.0 Å². The maximum atomic E-state index is 11.8. The lowest BCUT2D eigenvalue weighted by Gasteiger charge is -2.47. The number of carboxylic acid groups (broad SMARTS) is 1. The lowest BCUT2D eigenvalue weighted by Crippen LogP contribution is -2.54. The summed E-state index contributed by atoms with van der Waals surface area (Å²) in [5.74, 6) is -0.743. The minimum Gasteiger partial charge on any atom is -0.480 e. The normalized spacial score (nSPS) is 18.0. The number of aryl methyl sites for hydroxylation is 1. The number of aliphatic carboxylic acids is 1.